The van der Waals surface area contributed by atoms with Crippen LogP contribution in [0.1, 0.15) is 70.1 Å². The van der Waals surface area contributed by atoms with Gasteiger partial charge in [0.1, 0.15) is 17.6 Å². The van der Waals surface area contributed by atoms with E-state index in [0.29, 0.717) is 11.7 Å². The molecule has 2 fully saturated rings. The molecule has 7 heteroatoms. The summed E-state index contributed by atoms with van der Waals surface area (Å²) in [5.74, 6) is 0.864. The van der Waals surface area contributed by atoms with Crippen LogP contribution in [-0.2, 0) is 5.60 Å². The molecule has 2 atom stereocenters. The maximum absolute atomic E-state index is 10.2. The number of nitriles is 1. The Labute approximate surface area is 226 Å². The van der Waals surface area contributed by atoms with Crippen LogP contribution in [0.4, 0.5) is 11.5 Å². The summed E-state index contributed by atoms with van der Waals surface area (Å²) in [5, 5.41) is 22.3. The molecule has 3 heterocycles. The van der Waals surface area contributed by atoms with E-state index in [2.05, 4.69) is 32.3 Å². The van der Waals surface area contributed by atoms with Crippen LogP contribution in [0.25, 0.3) is 11.1 Å². The van der Waals surface area contributed by atoms with Crippen molar-refractivity contribution in [3.8, 4) is 17.2 Å². The lowest BCUT2D eigenvalue weighted by Crippen LogP contribution is -2.42. The molecule has 0 spiro atoms. The average Bonchev–Trinajstić information content (AvgIpc) is 2.95. The van der Waals surface area contributed by atoms with E-state index >= 15 is 0 Å². The number of aliphatic hydroxyl groups is 1. The largest absolute Gasteiger partial charge is 0.386 e. The molecule has 5 rings (SSSR count). The van der Waals surface area contributed by atoms with Crippen molar-refractivity contribution in [1.29, 1.82) is 5.26 Å². The molecule has 0 bridgehead atoms. The van der Waals surface area contributed by atoms with Crippen molar-refractivity contribution in [2.24, 2.45) is 5.73 Å². The highest BCUT2D eigenvalue weighted by molar-refractivity contribution is 5.67. The smallest absolute Gasteiger partial charge is 0.140 e. The Bertz CT molecular complexity index is 1210. The summed E-state index contributed by atoms with van der Waals surface area (Å²) < 4.78 is 0. The molecule has 1 saturated carbocycles. The molecule has 0 amide bonds. The zero-order chi connectivity index (χ0) is 27.0. The van der Waals surface area contributed by atoms with E-state index in [-0.39, 0.29) is 6.04 Å². The van der Waals surface area contributed by atoms with Gasteiger partial charge in [0.2, 0.25) is 0 Å². The van der Waals surface area contributed by atoms with Gasteiger partial charge in [-0.2, -0.15) is 5.26 Å². The van der Waals surface area contributed by atoms with Gasteiger partial charge in [0, 0.05) is 31.4 Å². The number of anilines is 2. The van der Waals surface area contributed by atoms with Gasteiger partial charge < -0.3 is 21.1 Å². The number of rotatable bonds is 5. The number of hydrogen-bond acceptors (Lipinski definition) is 7. The Kier molecular flexibility index (Phi) is 9.33. The summed E-state index contributed by atoms with van der Waals surface area (Å²) in [4.78, 5) is 10.8. The van der Waals surface area contributed by atoms with Gasteiger partial charge in [-0.3, -0.25) is 0 Å². The van der Waals surface area contributed by atoms with Crippen molar-refractivity contribution in [2.45, 2.75) is 76.5 Å². The lowest BCUT2D eigenvalue weighted by molar-refractivity contribution is 0.0786. The molecule has 0 radical (unpaired) electrons. The zero-order valence-corrected chi connectivity index (χ0v) is 22.6. The topological polar surface area (TPSA) is 111 Å². The molecule has 7 nitrogen and oxygen atoms in total. The van der Waals surface area contributed by atoms with Crippen LogP contribution >= 0.6 is 0 Å². The normalized spacial score (nSPS) is 19.6. The van der Waals surface area contributed by atoms with Crippen molar-refractivity contribution < 1.29 is 5.11 Å². The maximum Gasteiger partial charge on any atom is 0.140 e. The number of pyridine rings is 2. The molecule has 1 aliphatic carbocycles. The summed E-state index contributed by atoms with van der Waals surface area (Å²) in [5.41, 5.74) is 10.1. The first kappa shape index (κ1) is 27.6. The second kappa shape index (κ2) is 12.9. The highest BCUT2D eigenvalue weighted by Crippen LogP contribution is 2.28. The summed E-state index contributed by atoms with van der Waals surface area (Å²) in [6.45, 7) is 5.84. The van der Waals surface area contributed by atoms with Crippen molar-refractivity contribution in [1.82, 2.24) is 9.97 Å². The number of piperidine rings is 1. The summed E-state index contributed by atoms with van der Waals surface area (Å²) >= 11 is 0. The number of hydrogen-bond donors (Lipinski definition) is 3. The molecule has 38 heavy (non-hydrogen) atoms. The number of nitrogens with one attached hydrogen (secondary N) is 1. The molecular weight excluding hydrogens is 472 g/mol. The molecule has 2 aliphatic rings. The highest BCUT2D eigenvalue weighted by atomic mass is 16.3. The molecule has 4 N–H and O–H groups in total. The van der Waals surface area contributed by atoms with Crippen molar-refractivity contribution in [3.63, 3.8) is 0 Å². The SMILES string of the molecule is CC(C)(O)c1cccc(-c2ccnc(N[C@@H]3CCCC[C@H]3N)c2)c1.N#Cc1ccc(N2CCCCC2)cn1. The van der Waals surface area contributed by atoms with Gasteiger partial charge >= 0.3 is 0 Å². The molecule has 0 unspecified atom stereocenters. The predicted octanol–water partition coefficient (Wildman–Crippen LogP) is 5.60. The molecular formula is C31H40N6O. The van der Waals surface area contributed by atoms with Crippen molar-refractivity contribution in [3.05, 3.63) is 72.2 Å². The Morgan fingerprint density at radius 1 is 0.974 bits per heavy atom. The summed E-state index contributed by atoms with van der Waals surface area (Å²) in [6.07, 6.45) is 12.1. The molecule has 3 aromatic rings. The highest BCUT2D eigenvalue weighted by Gasteiger charge is 2.22. The molecule has 1 saturated heterocycles. The monoisotopic (exact) mass is 512 g/mol. The fourth-order valence-corrected chi connectivity index (χ4v) is 5.09. The predicted molar refractivity (Wildman–Crippen MR) is 154 cm³/mol. The van der Waals surface area contributed by atoms with Crippen LogP contribution in [-0.4, -0.2) is 40.2 Å². The van der Waals surface area contributed by atoms with Gasteiger partial charge in [0.05, 0.1) is 17.5 Å². The first-order valence-corrected chi connectivity index (χ1v) is 13.8. The van der Waals surface area contributed by atoms with Crippen LogP contribution in [0.3, 0.4) is 0 Å². The summed E-state index contributed by atoms with van der Waals surface area (Å²) in [7, 11) is 0. The Morgan fingerprint density at radius 2 is 1.74 bits per heavy atom. The average molecular weight is 513 g/mol. The first-order chi connectivity index (χ1) is 18.3. The quantitative estimate of drug-likeness (QED) is 0.408. The number of aromatic nitrogens is 2. The number of nitrogens with zero attached hydrogens (tertiary/aromatic N) is 4. The number of nitrogens with two attached hydrogens (primary N) is 1. The van der Waals surface area contributed by atoms with E-state index in [1.807, 2.05) is 42.6 Å². The Hall–Kier alpha value is -3.47. The van der Waals surface area contributed by atoms with Gasteiger partial charge in [-0.25, -0.2) is 9.97 Å². The standard InChI is InChI=1S/C20H27N3O.C11H13N3/c1-20(2,24)16-7-5-6-14(12-16)15-10-11-22-19(13-15)23-18-9-4-3-8-17(18)21;12-8-10-4-5-11(9-13-10)14-6-2-1-3-7-14/h5-7,10-13,17-18,24H,3-4,8-9,21H2,1-2H3,(H,22,23);4-5,9H,1-3,6-7H2/t17-,18-;/m1./s1. The van der Waals surface area contributed by atoms with Crippen LogP contribution < -0.4 is 16.0 Å². The van der Waals surface area contributed by atoms with Gasteiger partial charge in [-0.15, -0.1) is 0 Å². The van der Waals surface area contributed by atoms with Crippen LogP contribution in [0, 0.1) is 11.3 Å². The van der Waals surface area contributed by atoms with Gasteiger partial charge in [0.15, 0.2) is 0 Å². The Balaban J connectivity index is 0.000000204. The van der Waals surface area contributed by atoms with Crippen LogP contribution in [0.15, 0.2) is 60.9 Å². The van der Waals surface area contributed by atoms with E-state index in [1.54, 1.807) is 26.1 Å². The first-order valence-electron chi connectivity index (χ1n) is 13.8. The second-order valence-electron chi connectivity index (χ2n) is 10.8. The third-order valence-electron chi connectivity index (χ3n) is 7.40. The molecule has 1 aliphatic heterocycles. The third-order valence-corrected chi connectivity index (χ3v) is 7.40. The van der Waals surface area contributed by atoms with Gasteiger partial charge in [-0.05, 0) is 93.0 Å². The minimum absolute atomic E-state index is 0.197. The van der Waals surface area contributed by atoms with Gasteiger partial charge in [-0.1, -0.05) is 31.0 Å². The fourth-order valence-electron chi connectivity index (χ4n) is 5.09. The van der Waals surface area contributed by atoms with E-state index < -0.39 is 5.60 Å². The van der Waals surface area contributed by atoms with Crippen molar-refractivity contribution in [2.75, 3.05) is 23.3 Å². The van der Waals surface area contributed by atoms with Crippen LogP contribution in [0.5, 0.6) is 0 Å². The van der Waals surface area contributed by atoms with E-state index in [0.717, 1.165) is 54.1 Å². The van der Waals surface area contributed by atoms with E-state index in [4.69, 9.17) is 11.0 Å². The fraction of sp³-hybridized carbons (Fsp3) is 0.452. The minimum atomic E-state index is -0.848. The third kappa shape index (κ3) is 7.53. The number of benzene rings is 1. The molecule has 1 aromatic carbocycles. The van der Waals surface area contributed by atoms with E-state index in [1.165, 1.54) is 32.1 Å². The van der Waals surface area contributed by atoms with Gasteiger partial charge in [0.25, 0.3) is 0 Å². The molecule has 200 valence electrons. The summed E-state index contributed by atoms with van der Waals surface area (Å²) in [6, 6.07) is 18.4. The lowest BCUT2D eigenvalue weighted by Gasteiger charge is -2.29. The van der Waals surface area contributed by atoms with Crippen molar-refractivity contribution >= 4 is 11.5 Å². The van der Waals surface area contributed by atoms with E-state index in [9.17, 15) is 5.11 Å². The lowest BCUT2D eigenvalue weighted by atomic mass is 9.91. The Morgan fingerprint density at radius 3 is 2.42 bits per heavy atom. The molecule has 2 aromatic heterocycles. The second-order valence-corrected chi connectivity index (χ2v) is 10.8. The maximum atomic E-state index is 10.2. The van der Waals surface area contributed by atoms with Crippen LogP contribution in [0.2, 0.25) is 0 Å². The minimum Gasteiger partial charge on any atom is -0.386 e. The zero-order valence-electron chi connectivity index (χ0n) is 22.6.